The number of rotatable bonds is 0. The summed E-state index contributed by atoms with van der Waals surface area (Å²) in [5.41, 5.74) is 0. The summed E-state index contributed by atoms with van der Waals surface area (Å²) in [5, 5.41) is 0.978. The van der Waals surface area contributed by atoms with Gasteiger partial charge in [-0.15, -0.1) is 0 Å². The molecule has 1 heteroatoms. The Morgan fingerprint density at radius 3 is 2.09 bits per heavy atom. The van der Waals surface area contributed by atoms with E-state index in [0.29, 0.717) is 0 Å². The predicted octanol–water partition coefficient (Wildman–Crippen LogP) is 3.12. The molecule has 0 nitrogen and oxygen atoms in total. The van der Waals surface area contributed by atoms with E-state index >= 15 is 0 Å². The molecule has 1 aliphatic rings. The van der Waals surface area contributed by atoms with Gasteiger partial charge in [0.1, 0.15) is 0 Å². The Bertz CT molecular complexity index is 140. The zero-order valence-electron chi connectivity index (χ0n) is 8.55. The Balaban J connectivity index is 2.67. The topological polar surface area (TPSA) is 0 Å². The molecular formula is C10H22S. The molecular weight excluding hydrogens is 152 g/mol. The van der Waals surface area contributed by atoms with Crippen molar-refractivity contribution in [3.8, 4) is 0 Å². The fraction of sp³-hybridized carbons (Fsp3) is 1.00. The quantitative estimate of drug-likeness (QED) is 0.529. The Morgan fingerprint density at radius 1 is 1.09 bits per heavy atom. The Hall–Kier alpha value is 0.350. The van der Waals surface area contributed by atoms with Crippen molar-refractivity contribution in [1.29, 1.82) is 0 Å². The molecule has 3 unspecified atom stereocenters. The maximum Gasteiger partial charge on any atom is -0.0117 e. The van der Waals surface area contributed by atoms with Crippen LogP contribution in [-0.2, 0) is 0 Å². The molecule has 0 radical (unpaired) electrons. The van der Waals surface area contributed by atoms with Crippen LogP contribution in [0.1, 0.15) is 27.2 Å². The normalized spacial score (nSPS) is 46.8. The molecule has 11 heavy (non-hydrogen) atoms. The zero-order chi connectivity index (χ0) is 8.65. The minimum atomic E-state index is -0.244. The van der Waals surface area contributed by atoms with Crippen molar-refractivity contribution < 1.29 is 0 Å². The van der Waals surface area contributed by atoms with Crippen LogP contribution in [0, 0.1) is 11.8 Å². The Labute approximate surface area is 73.1 Å². The molecule has 0 aliphatic carbocycles. The lowest BCUT2D eigenvalue weighted by molar-refractivity contribution is 0.361. The first-order chi connectivity index (χ1) is 4.95. The second kappa shape index (κ2) is 3.01. The SMILES string of the molecule is CC1CCS(C)(C)C(C)C1C. The molecule has 68 valence electrons. The van der Waals surface area contributed by atoms with Crippen molar-refractivity contribution in [1.82, 2.24) is 0 Å². The molecule has 0 aromatic carbocycles. The third-order valence-corrected chi connectivity index (χ3v) is 7.47. The lowest BCUT2D eigenvalue weighted by atomic mass is 9.90. The van der Waals surface area contributed by atoms with E-state index in [2.05, 4.69) is 33.3 Å². The molecule has 1 heterocycles. The summed E-state index contributed by atoms with van der Waals surface area (Å²) in [5.74, 6) is 3.42. The van der Waals surface area contributed by atoms with Gasteiger partial charge < -0.3 is 0 Å². The largest absolute Gasteiger partial charge is 0.244 e. The molecule has 0 aromatic rings. The van der Waals surface area contributed by atoms with Crippen molar-refractivity contribution in [2.45, 2.75) is 32.4 Å². The fourth-order valence-electron chi connectivity index (χ4n) is 1.98. The van der Waals surface area contributed by atoms with E-state index in [9.17, 15) is 0 Å². The maximum atomic E-state index is 2.50. The van der Waals surface area contributed by atoms with Gasteiger partial charge in [0.05, 0.1) is 0 Å². The first kappa shape index (κ1) is 9.44. The van der Waals surface area contributed by atoms with Crippen LogP contribution >= 0.6 is 10.0 Å². The molecule has 1 saturated heterocycles. The third kappa shape index (κ3) is 1.74. The van der Waals surface area contributed by atoms with E-state index in [-0.39, 0.29) is 10.0 Å². The smallest absolute Gasteiger partial charge is 0.0117 e. The first-order valence-electron chi connectivity index (χ1n) is 4.65. The number of hydrogen-bond donors (Lipinski definition) is 0. The number of hydrogen-bond acceptors (Lipinski definition) is 0. The monoisotopic (exact) mass is 174 g/mol. The second-order valence-corrected chi connectivity index (χ2v) is 9.06. The van der Waals surface area contributed by atoms with Crippen molar-refractivity contribution in [3.63, 3.8) is 0 Å². The summed E-state index contributed by atoms with van der Waals surface area (Å²) in [6.07, 6.45) is 6.47. The van der Waals surface area contributed by atoms with Crippen LogP contribution in [0.2, 0.25) is 0 Å². The highest BCUT2D eigenvalue weighted by Crippen LogP contribution is 2.54. The van der Waals surface area contributed by atoms with Crippen LogP contribution in [0.25, 0.3) is 0 Å². The van der Waals surface area contributed by atoms with Crippen LogP contribution in [0.5, 0.6) is 0 Å². The first-order valence-corrected chi connectivity index (χ1v) is 7.33. The van der Waals surface area contributed by atoms with E-state index < -0.39 is 0 Å². The van der Waals surface area contributed by atoms with Gasteiger partial charge in [-0.1, -0.05) is 20.8 Å². The summed E-state index contributed by atoms with van der Waals surface area (Å²) >= 11 is 0. The summed E-state index contributed by atoms with van der Waals surface area (Å²) in [6, 6.07) is 0. The summed E-state index contributed by atoms with van der Waals surface area (Å²) in [4.78, 5) is 0. The Morgan fingerprint density at radius 2 is 1.64 bits per heavy atom. The van der Waals surface area contributed by atoms with Gasteiger partial charge in [-0.2, -0.15) is 0 Å². The van der Waals surface area contributed by atoms with Crippen molar-refractivity contribution in [2.24, 2.45) is 11.8 Å². The van der Waals surface area contributed by atoms with Gasteiger partial charge in [0.25, 0.3) is 0 Å². The molecule has 1 rings (SSSR count). The van der Waals surface area contributed by atoms with E-state index in [1.807, 2.05) is 0 Å². The lowest BCUT2D eigenvalue weighted by Crippen LogP contribution is -2.33. The van der Waals surface area contributed by atoms with Gasteiger partial charge >= 0.3 is 0 Å². The van der Waals surface area contributed by atoms with Gasteiger partial charge in [-0.3, -0.25) is 0 Å². The van der Waals surface area contributed by atoms with Crippen LogP contribution in [0.4, 0.5) is 0 Å². The molecule has 1 fully saturated rings. The predicted molar refractivity (Wildman–Crippen MR) is 56.7 cm³/mol. The summed E-state index contributed by atoms with van der Waals surface area (Å²) in [7, 11) is -0.244. The van der Waals surface area contributed by atoms with Crippen LogP contribution in [0.15, 0.2) is 0 Å². The van der Waals surface area contributed by atoms with Crippen molar-refractivity contribution in [3.05, 3.63) is 0 Å². The minimum Gasteiger partial charge on any atom is -0.244 e. The molecule has 0 spiro atoms. The summed E-state index contributed by atoms with van der Waals surface area (Å²) < 4.78 is 0. The van der Waals surface area contributed by atoms with Crippen molar-refractivity contribution in [2.75, 3.05) is 18.3 Å². The standard InChI is InChI=1S/C10H22S/c1-8-6-7-11(4,5)10(3)9(8)2/h8-10H,6-7H2,1-5H3. The van der Waals surface area contributed by atoms with E-state index in [1.54, 1.807) is 0 Å². The molecule has 1 aliphatic heterocycles. The van der Waals surface area contributed by atoms with Gasteiger partial charge in [0.2, 0.25) is 0 Å². The van der Waals surface area contributed by atoms with E-state index in [4.69, 9.17) is 0 Å². The fourth-order valence-corrected chi connectivity index (χ4v) is 4.76. The minimum absolute atomic E-state index is 0.244. The van der Waals surface area contributed by atoms with Gasteiger partial charge in [-0.05, 0) is 41.8 Å². The molecule has 0 amide bonds. The highest BCUT2D eigenvalue weighted by molar-refractivity contribution is 8.33. The molecule has 0 bridgehead atoms. The summed E-state index contributed by atoms with van der Waals surface area (Å²) in [6.45, 7) is 7.30. The molecule has 0 saturated carbocycles. The third-order valence-electron chi connectivity index (χ3n) is 3.74. The van der Waals surface area contributed by atoms with Crippen LogP contribution in [0.3, 0.4) is 0 Å². The molecule has 0 N–H and O–H groups in total. The highest BCUT2D eigenvalue weighted by atomic mass is 32.3. The molecule has 3 atom stereocenters. The van der Waals surface area contributed by atoms with E-state index in [0.717, 1.165) is 17.1 Å². The van der Waals surface area contributed by atoms with Crippen LogP contribution in [-0.4, -0.2) is 23.5 Å². The lowest BCUT2D eigenvalue weighted by Gasteiger charge is -2.48. The average molecular weight is 174 g/mol. The molecule has 0 aromatic heterocycles. The van der Waals surface area contributed by atoms with Crippen LogP contribution < -0.4 is 0 Å². The zero-order valence-corrected chi connectivity index (χ0v) is 9.37. The van der Waals surface area contributed by atoms with Gasteiger partial charge in [0, 0.05) is 0 Å². The highest BCUT2D eigenvalue weighted by Gasteiger charge is 2.33. The second-order valence-electron chi connectivity index (χ2n) is 4.66. The van der Waals surface area contributed by atoms with Gasteiger partial charge in [-0.25, -0.2) is 10.0 Å². The average Bonchev–Trinajstić information content (AvgIpc) is 1.95. The van der Waals surface area contributed by atoms with E-state index in [1.165, 1.54) is 12.2 Å². The Kier molecular flexibility index (Phi) is 2.58. The van der Waals surface area contributed by atoms with Gasteiger partial charge in [0.15, 0.2) is 0 Å². The van der Waals surface area contributed by atoms with Crippen molar-refractivity contribution >= 4 is 10.0 Å². The maximum absolute atomic E-state index is 2.50.